The summed E-state index contributed by atoms with van der Waals surface area (Å²) >= 11 is 6.72. The van der Waals surface area contributed by atoms with Crippen molar-refractivity contribution >= 4 is 58.9 Å². The fourth-order valence-electron chi connectivity index (χ4n) is 3.33. The van der Waals surface area contributed by atoms with Crippen molar-refractivity contribution in [1.29, 1.82) is 0 Å². The van der Waals surface area contributed by atoms with E-state index in [0.717, 1.165) is 25.5 Å². The van der Waals surface area contributed by atoms with Gasteiger partial charge in [-0.1, -0.05) is 43.0 Å². The van der Waals surface area contributed by atoms with Crippen LogP contribution in [0.25, 0.3) is 17.0 Å². The Bertz CT molecular complexity index is 1090. The maximum atomic E-state index is 13.5. The second kappa shape index (κ2) is 6.98. The number of aromatic nitrogens is 1. The lowest BCUT2D eigenvalue weighted by molar-refractivity contribution is 0.553. The topological polar surface area (TPSA) is 39.1 Å². The van der Waals surface area contributed by atoms with Crippen LogP contribution in [0.2, 0.25) is 0 Å². The molecule has 0 saturated heterocycles. The normalized spacial score (nSPS) is 20.5. The predicted molar refractivity (Wildman–Crippen MR) is 117 cm³/mol. The summed E-state index contributed by atoms with van der Waals surface area (Å²) < 4.78 is 28.3. The molecule has 1 aromatic carbocycles. The van der Waals surface area contributed by atoms with Gasteiger partial charge in [-0.25, -0.2) is 12.4 Å². The average Bonchev–Trinajstić information content (AvgIpc) is 3.02. The van der Waals surface area contributed by atoms with E-state index >= 15 is 0 Å². The van der Waals surface area contributed by atoms with Gasteiger partial charge in [0.05, 0.1) is 8.91 Å². The molecule has 1 aliphatic rings. The van der Waals surface area contributed by atoms with Crippen LogP contribution >= 0.6 is 31.9 Å². The van der Waals surface area contributed by atoms with Gasteiger partial charge < -0.3 is 0 Å². The van der Waals surface area contributed by atoms with Crippen molar-refractivity contribution in [2.75, 3.05) is 0 Å². The summed E-state index contributed by atoms with van der Waals surface area (Å²) in [5.74, 6) is 0. The van der Waals surface area contributed by atoms with Crippen LogP contribution in [0.15, 0.2) is 69.8 Å². The monoisotopic (exact) mass is 495 g/mol. The van der Waals surface area contributed by atoms with Gasteiger partial charge in [0.1, 0.15) is 4.75 Å². The van der Waals surface area contributed by atoms with Gasteiger partial charge >= 0.3 is 0 Å². The third kappa shape index (κ3) is 3.19. The van der Waals surface area contributed by atoms with E-state index < -0.39 is 14.8 Å². The molecule has 1 aliphatic carbocycles. The summed E-state index contributed by atoms with van der Waals surface area (Å²) in [6.45, 7) is 7.52. The van der Waals surface area contributed by atoms with E-state index in [2.05, 4.69) is 38.4 Å². The summed E-state index contributed by atoms with van der Waals surface area (Å²) in [6, 6.07) is 7.52. The first-order valence-corrected chi connectivity index (χ1v) is 11.1. The highest BCUT2D eigenvalue weighted by Crippen LogP contribution is 2.37. The van der Waals surface area contributed by atoms with Gasteiger partial charge in [0.25, 0.3) is 0 Å². The molecule has 1 aromatic heterocycles. The molecule has 0 aliphatic heterocycles. The van der Waals surface area contributed by atoms with E-state index in [9.17, 15) is 8.42 Å². The van der Waals surface area contributed by atoms with Gasteiger partial charge in [-0.05, 0) is 81.0 Å². The molecule has 0 spiro atoms. The van der Waals surface area contributed by atoms with Crippen LogP contribution in [0, 0.1) is 0 Å². The highest BCUT2D eigenvalue weighted by atomic mass is 79.9. The minimum absolute atomic E-state index is 0.404. The Hall–Kier alpha value is -1.37. The molecule has 0 radical (unpaired) electrons. The molecule has 0 bridgehead atoms. The zero-order valence-electron chi connectivity index (χ0n) is 14.5. The summed E-state index contributed by atoms with van der Waals surface area (Å²) in [5, 5.41) is 0.883. The molecule has 6 heteroatoms. The van der Waals surface area contributed by atoms with Gasteiger partial charge in [-0.3, -0.25) is 0 Å². The highest BCUT2D eigenvalue weighted by molar-refractivity contribution is 9.28. The first kappa shape index (κ1) is 19.4. The zero-order valence-corrected chi connectivity index (χ0v) is 18.5. The fourth-order valence-corrected chi connectivity index (χ4v) is 5.56. The summed E-state index contributed by atoms with van der Waals surface area (Å²) in [6.07, 6.45) is 9.47. The van der Waals surface area contributed by atoms with E-state index in [-0.39, 0.29) is 0 Å². The maximum absolute atomic E-state index is 13.5. The van der Waals surface area contributed by atoms with E-state index in [0.29, 0.717) is 11.9 Å². The molecule has 1 heterocycles. The molecular weight excluding hydrogens is 478 g/mol. The number of benzene rings is 1. The number of allylic oxidation sites excluding steroid dienone is 4. The number of hydrogen-bond acceptors (Lipinski definition) is 2. The lowest BCUT2D eigenvalue weighted by Gasteiger charge is -2.30. The number of fused-ring (bicyclic) bond motifs is 1. The van der Waals surface area contributed by atoms with Crippen molar-refractivity contribution < 1.29 is 8.42 Å². The Morgan fingerprint density at radius 1 is 1.31 bits per heavy atom. The Balaban J connectivity index is 2.15. The van der Waals surface area contributed by atoms with Crippen LogP contribution in [0.5, 0.6) is 0 Å². The van der Waals surface area contributed by atoms with E-state index in [4.69, 9.17) is 0 Å². The van der Waals surface area contributed by atoms with Crippen LogP contribution in [0.3, 0.4) is 0 Å². The number of rotatable bonds is 4. The number of halogens is 2. The van der Waals surface area contributed by atoms with Crippen molar-refractivity contribution in [1.82, 2.24) is 3.97 Å². The quantitative estimate of drug-likeness (QED) is 0.510. The Morgan fingerprint density at radius 3 is 2.65 bits per heavy atom. The molecule has 1 unspecified atom stereocenters. The van der Waals surface area contributed by atoms with Gasteiger partial charge in [-0.15, -0.1) is 0 Å². The second-order valence-corrected chi connectivity index (χ2v) is 11.6. The van der Waals surface area contributed by atoms with Crippen LogP contribution in [0.1, 0.15) is 25.8 Å². The van der Waals surface area contributed by atoms with Gasteiger partial charge in [0.15, 0.2) is 0 Å². The van der Waals surface area contributed by atoms with Crippen LogP contribution < -0.4 is 0 Å². The Morgan fingerprint density at radius 2 is 2.04 bits per heavy atom. The molecule has 26 heavy (non-hydrogen) atoms. The molecule has 0 saturated carbocycles. The van der Waals surface area contributed by atoms with E-state index in [1.807, 2.05) is 49.4 Å². The average molecular weight is 497 g/mol. The summed E-state index contributed by atoms with van der Waals surface area (Å²) in [4.78, 5) is 0. The first-order chi connectivity index (χ1) is 12.2. The predicted octanol–water partition coefficient (Wildman–Crippen LogP) is 6.13. The highest BCUT2D eigenvalue weighted by Gasteiger charge is 2.40. The standard InChI is InChI=1S/C20H19Br2NO2S/c1-4-15-6-5-7-16-9-11-23(19(15)16)26(24,25)20(3)10-8-17(12-18(21)22)14(2)13-20/h4-9,11-13H,1,10H2,2-3H3. The minimum Gasteiger partial charge on any atom is -0.244 e. The Kier molecular flexibility index (Phi) is 5.21. The lowest BCUT2D eigenvalue weighted by atomic mass is 9.92. The van der Waals surface area contributed by atoms with Crippen LogP contribution in [0.4, 0.5) is 0 Å². The smallest absolute Gasteiger partial charge is 0.244 e. The van der Waals surface area contributed by atoms with E-state index in [1.165, 1.54) is 3.97 Å². The van der Waals surface area contributed by atoms with Gasteiger partial charge in [0.2, 0.25) is 10.0 Å². The van der Waals surface area contributed by atoms with Crippen molar-refractivity contribution in [2.24, 2.45) is 0 Å². The summed E-state index contributed by atoms with van der Waals surface area (Å²) in [5.41, 5.74) is 3.41. The van der Waals surface area contributed by atoms with Gasteiger partial charge in [-0.2, -0.15) is 0 Å². The molecule has 0 fully saturated rings. The number of hydrogen-bond donors (Lipinski definition) is 0. The molecule has 3 rings (SSSR count). The third-order valence-electron chi connectivity index (χ3n) is 4.75. The van der Waals surface area contributed by atoms with Crippen molar-refractivity contribution in [3.05, 3.63) is 75.4 Å². The van der Waals surface area contributed by atoms with E-state index in [1.54, 1.807) is 19.2 Å². The number of para-hydroxylation sites is 1. The largest absolute Gasteiger partial charge is 0.248 e. The molecule has 2 aromatic rings. The minimum atomic E-state index is -3.66. The second-order valence-electron chi connectivity index (χ2n) is 6.54. The number of nitrogens with zero attached hydrogens (tertiary/aromatic N) is 1. The van der Waals surface area contributed by atoms with Crippen molar-refractivity contribution in [3.8, 4) is 0 Å². The maximum Gasteiger partial charge on any atom is 0.248 e. The van der Waals surface area contributed by atoms with Crippen LogP contribution in [-0.2, 0) is 10.0 Å². The SMILES string of the molecule is C=Cc1cccc2ccn(S(=O)(=O)C3(C)C=C(C)C(C=C(Br)Br)=CC3)c12. The lowest BCUT2D eigenvalue weighted by Crippen LogP contribution is -2.38. The van der Waals surface area contributed by atoms with Crippen molar-refractivity contribution in [2.45, 2.75) is 25.0 Å². The molecule has 1 atom stereocenters. The van der Waals surface area contributed by atoms with Crippen LogP contribution in [-0.4, -0.2) is 17.1 Å². The van der Waals surface area contributed by atoms with Crippen molar-refractivity contribution in [3.63, 3.8) is 0 Å². The molecule has 0 N–H and O–H groups in total. The molecule has 3 nitrogen and oxygen atoms in total. The van der Waals surface area contributed by atoms with Gasteiger partial charge in [0, 0.05) is 11.6 Å². The first-order valence-electron chi connectivity index (χ1n) is 8.10. The third-order valence-corrected chi connectivity index (χ3v) is 7.49. The molecule has 0 amide bonds. The zero-order chi connectivity index (χ0) is 19.1. The Labute approximate surface area is 171 Å². The molecular formula is C20H19Br2NO2S. The summed E-state index contributed by atoms with van der Waals surface area (Å²) in [7, 11) is -3.66. The fraction of sp³-hybridized carbons (Fsp3) is 0.200. The molecule has 136 valence electrons.